The van der Waals surface area contributed by atoms with Crippen LogP contribution in [0.25, 0.3) is 0 Å². The van der Waals surface area contributed by atoms with E-state index in [2.05, 4.69) is 54.2 Å². The summed E-state index contributed by atoms with van der Waals surface area (Å²) in [6.07, 6.45) is 3.07. The van der Waals surface area contributed by atoms with Gasteiger partial charge in [0.2, 0.25) is 0 Å². The van der Waals surface area contributed by atoms with Crippen molar-refractivity contribution in [3.05, 3.63) is 0 Å². The van der Waals surface area contributed by atoms with Crippen LogP contribution in [0.2, 0.25) is 0 Å². The molecule has 1 aliphatic carbocycles. The summed E-state index contributed by atoms with van der Waals surface area (Å²) in [4.78, 5) is 11.8. The van der Waals surface area contributed by atoms with Gasteiger partial charge in [-0.3, -0.25) is 4.79 Å². The normalized spacial score (nSPS) is 29.4. The first kappa shape index (κ1) is 20.8. The minimum Gasteiger partial charge on any atom is -0.465 e. The molecule has 4 heteroatoms. The van der Waals surface area contributed by atoms with Crippen LogP contribution in [0.15, 0.2) is 0 Å². The second-order valence-corrected chi connectivity index (χ2v) is 9.70. The highest BCUT2D eigenvalue weighted by Crippen LogP contribution is 2.49. The molecule has 0 saturated heterocycles. The topological polar surface area (TPSA) is 46.5 Å². The maximum absolute atomic E-state index is 11.8. The second-order valence-electron chi connectivity index (χ2n) is 9.26. The second kappa shape index (κ2) is 8.24. The van der Waals surface area contributed by atoms with Gasteiger partial charge in [-0.05, 0) is 47.8 Å². The Hall–Kier alpha value is -0.220. The zero-order valence-electron chi connectivity index (χ0n) is 15.8. The Morgan fingerprint density at radius 2 is 1.57 bits per heavy atom. The minimum atomic E-state index is -0.262. The van der Waals surface area contributed by atoms with Crippen LogP contribution < -0.4 is 0 Å². The number of hydrogen-bond acceptors (Lipinski definition) is 4. The number of carbonyl (C=O) groups excluding carboxylic acids is 1. The fraction of sp³-hybridized carbons (Fsp3) is 0.947. The molecule has 0 radical (unpaired) electrons. The SMILES string of the molecule is CC(C)(C)C1CC(CCC(=O)OCCS)CC(C(C)(C)C)C1O. The standard InChI is InChI=1S/C19H36O3S/c1-18(2,3)14-11-13(7-8-16(20)22-9-10-23)12-15(17(14)21)19(4,5)6/h13-15,17,21,23H,7-12H2,1-6H3. The maximum Gasteiger partial charge on any atom is 0.305 e. The van der Waals surface area contributed by atoms with Crippen molar-refractivity contribution < 1.29 is 14.6 Å². The highest BCUT2D eigenvalue weighted by molar-refractivity contribution is 7.80. The number of aliphatic hydroxyl groups is 1. The van der Waals surface area contributed by atoms with Crippen molar-refractivity contribution >= 4 is 18.6 Å². The fourth-order valence-corrected chi connectivity index (χ4v) is 3.99. The number of carbonyl (C=O) groups is 1. The van der Waals surface area contributed by atoms with Gasteiger partial charge in [0.25, 0.3) is 0 Å². The predicted molar refractivity (Wildman–Crippen MR) is 98.7 cm³/mol. The first-order valence-corrected chi connectivity index (χ1v) is 9.54. The average Bonchev–Trinajstić information content (AvgIpc) is 2.41. The van der Waals surface area contributed by atoms with E-state index in [0.717, 1.165) is 19.3 Å². The summed E-state index contributed by atoms with van der Waals surface area (Å²) in [5.41, 5.74) is 0.155. The van der Waals surface area contributed by atoms with Crippen molar-refractivity contribution in [3.8, 4) is 0 Å². The van der Waals surface area contributed by atoms with Gasteiger partial charge in [-0.2, -0.15) is 12.6 Å². The van der Waals surface area contributed by atoms with E-state index >= 15 is 0 Å². The molecule has 0 heterocycles. The van der Waals surface area contributed by atoms with Crippen molar-refractivity contribution in [2.75, 3.05) is 12.4 Å². The monoisotopic (exact) mass is 344 g/mol. The van der Waals surface area contributed by atoms with Crippen molar-refractivity contribution in [1.29, 1.82) is 0 Å². The van der Waals surface area contributed by atoms with Crippen LogP contribution >= 0.6 is 12.6 Å². The zero-order valence-corrected chi connectivity index (χ0v) is 16.7. The lowest BCUT2D eigenvalue weighted by Crippen LogP contribution is -2.47. The number of rotatable bonds is 5. The molecule has 1 fully saturated rings. The first-order valence-electron chi connectivity index (χ1n) is 8.91. The van der Waals surface area contributed by atoms with Crippen LogP contribution in [0.5, 0.6) is 0 Å². The van der Waals surface area contributed by atoms with E-state index in [-0.39, 0.29) is 34.7 Å². The maximum atomic E-state index is 11.8. The lowest BCUT2D eigenvalue weighted by molar-refractivity contribution is -0.143. The van der Waals surface area contributed by atoms with E-state index in [1.54, 1.807) is 0 Å². The summed E-state index contributed by atoms with van der Waals surface area (Å²) in [5.74, 6) is 1.48. The molecule has 0 aromatic rings. The van der Waals surface area contributed by atoms with E-state index in [9.17, 15) is 9.90 Å². The van der Waals surface area contributed by atoms with E-state index < -0.39 is 0 Å². The third-order valence-corrected chi connectivity index (χ3v) is 5.52. The molecular formula is C19H36O3S. The summed E-state index contributed by atoms with van der Waals surface area (Å²) in [5, 5.41) is 10.9. The van der Waals surface area contributed by atoms with Gasteiger partial charge in [0.15, 0.2) is 0 Å². The summed E-state index contributed by atoms with van der Waals surface area (Å²) in [6, 6.07) is 0. The van der Waals surface area contributed by atoms with Crippen LogP contribution in [-0.2, 0) is 9.53 Å². The Balaban J connectivity index is 2.75. The zero-order chi connectivity index (χ0) is 17.8. The molecule has 1 aliphatic rings. The molecule has 1 saturated carbocycles. The molecule has 136 valence electrons. The van der Waals surface area contributed by atoms with Gasteiger partial charge in [0.1, 0.15) is 6.61 Å². The van der Waals surface area contributed by atoms with E-state index in [4.69, 9.17) is 4.74 Å². The molecule has 2 atom stereocenters. The molecule has 2 unspecified atom stereocenters. The molecule has 23 heavy (non-hydrogen) atoms. The lowest BCUT2D eigenvalue weighted by Gasteiger charge is -2.49. The summed E-state index contributed by atoms with van der Waals surface area (Å²) in [7, 11) is 0. The number of hydrogen-bond donors (Lipinski definition) is 2. The number of ether oxygens (including phenoxy) is 1. The van der Waals surface area contributed by atoms with Gasteiger partial charge < -0.3 is 9.84 Å². The summed E-state index contributed by atoms with van der Waals surface area (Å²) >= 11 is 4.06. The van der Waals surface area contributed by atoms with Gasteiger partial charge in [-0.1, -0.05) is 41.5 Å². The summed E-state index contributed by atoms with van der Waals surface area (Å²) in [6.45, 7) is 13.7. The van der Waals surface area contributed by atoms with Crippen LogP contribution in [0.1, 0.15) is 67.2 Å². The number of thiol groups is 1. The van der Waals surface area contributed by atoms with Crippen LogP contribution in [-0.4, -0.2) is 29.5 Å². The Labute approximate surface area is 148 Å². The third kappa shape index (κ3) is 6.30. The van der Waals surface area contributed by atoms with Crippen molar-refractivity contribution in [1.82, 2.24) is 0 Å². The largest absolute Gasteiger partial charge is 0.465 e. The van der Waals surface area contributed by atoms with E-state index in [0.29, 0.717) is 24.7 Å². The molecule has 3 nitrogen and oxygen atoms in total. The molecule has 1 N–H and O–H groups in total. The minimum absolute atomic E-state index is 0.0775. The van der Waals surface area contributed by atoms with Gasteiger partial charge >= 0.3 is 5.97 Å². The average molecular weight is 345 g/mol. The van der Waals surface area contributed by atoms with Crippen LogP contribution in [0, 0.1) is 28.6 Å². The Morgan fingerprint density at radius 1 is 1.09 bits per heavy atom. The molecule has 0 spiro atoms. The van der Waals surface area contributed by atoms with E-state index in [1.165, 1.54) is 0 Å². The smallest absolute Gasteiger partial charge is 0.305 e. The molecular weight excluding hydrogens is 308 g/mol. The van der Waals surface area contributed by atoms with Crippen LogP contribution in [0.3, 0.4) is 0 Å². The van der Waals surface area contributed by atoms with Crippen LogP contribution in [0.4, 0.5) is 0 Å². The highest BCUT2D eigenvalue weighted by atomic mass is 32.1. The van der Waals surface area contributed by atoms with E-state index in [1.807, 2.05) is 0 Å². The van der Waals surface area contributed by atoms with Gasteiger partial charge in [0, 0.05) is 12.2 Å². The third-order valence-electron chi connectivity index (χ3n) is 5.33. The number of aliphatic hydroxyl groups excluding tert-OH is 1. The lowest BCUT2D eigenvalue weighted by atomic mass is 9.58. The Morgan fingerprint density at radius 3 is 1.96 bits per heavy atom. The fourth-order valence-electron chi connectivity index (χ4n) is 3.89. The molecule has 1 rings (SSSR count). The molecule has 0 aliphatic heterocycles. The van der Waals surface area contributed by atoms with Gasteiger partial charge in [-0.15, -0.1) is 0 Å². The van der Waals surface area contributed by atoms with Gasteiger partial charge in [-0.25, -0.2) is 0 Å². The highest BCUT2D eigenvalue weighted by Gasteiger charge is 2.45. The van der Waals surface area contributed by atoms with Gasteiger partial charge in [0.05, 0.1) is 6.10 Å². The van der Waals surface area contributed by atoms with Crippen molar-refractivity contribution in [2.45, 2.75) is 73.3 Å². The Kier molecular flexibility index (Phi) is 7.46. The molecule has 0 aromatic heterocycles. The first-order chi connectivity index (χ1) is 10.5. The predicted octanol–water partition coefficient (Wildman–Crippen LogP) is 4.34. The van der Waals surface area contributed by atoms with Crippen molar-refractivity contribution in [3.63, 3.8) is 0 Å². The number of esters is 1. The molecule has 0 bridgehead atoms. The quantitative estimate of drug-likeness (QED) is 0.576. The molecule has 0 aromatic carbocycles. The van der Waals surface area contributed by atoms with Crippen molar-refractivity contribution in [2.24, 2.45) is 28.6 Å². The molecule has 0 amide bonds. The summed E-state index contributed by atoms with van der Waals surface area (Å²) < 4.78 is 5.13. The Bertz CT molecular complexity index is 357.